The lowest BCUT2D eigenvalue weighted by atomic mass is 10.2. The van der Waals surface area contributed by atoms with E-state index in [9.17, 15) is 26.4 Å². The van der Waals surface area contributed by atoms with Gasteiger partial charge >= 0.3 is 5.69 Å². The van der Waals surface area contributed by atoms with Crippen LogP contribution in [0, 0.1) is 11.8 Å². The molecule has 2 aromatic heterocycles. The molecule has 5 aromatic rings. The highest BCUT2D eigenvalue weighted by atomic mass is 32.3. The molecule has 2 saturated carbocycles. The summed E-state index contributed by atoms with van der Waals surface area (Å²) in [4.78, 5) is 32.2. The predicted octanol–water partition coefficient (Wildman–Crippen LogP) is 3.82. The van der Waals surface area contributed by atoms with Gasteiger partial charge in [0.15, 0.2) is 11.2 Å². The lowest BCUT2D eigenvalue weighted by Gasteiger charge is -2.24. The number of hydrogen-bond donors (Lipinski definition) is 0. The Labute approximate surface area is 271 Å². The number of nitrogens with zero attached hydrogens (tertiary/aromatic N) is 5. The zero-order valence-corrected chi connectivity index (χ0v) is 27.2. The third-order valence-electron chi connectivity index (χ3n) is 8.55. The second-order valence-corrected chi connectivity index (χ2v) is 15.9. The third-order valence-corrected chi connectivity index (χ3v) is 12.7. The Hall–Kier alpha value is -4.69. The van der Waals surface area contributed by atoms with Crippen molar-refractivity contribution in [3.8, 4) is 5.75 Å². The summed E-state index contributed by atoms with van der Waals surface area (Å²) in [5.41, 5.74) is -0.670. The van der Waals surface area contributed by atoms with Gasteiger partial charge in [0, 0.05) is 13.1 Å². The van der Waals surface area contributed by atoms with Crippen molar-refractivity contribution in [2.75, 3.05) is 10.8 Å². The predicted molar refractivity (Wildman–Crippen MR) is 176 cm³/mol. The molecule has 0 amide bonds. The molecular formula is C33H33N5O7S2. The first-order valence-corrected chi connectivity index (χ1v) is 18.2. The van der Waals surface area contributed by atoms with Crippen molar-refractivity contribution in [2.24, 2.45) is 11.8 Å². The first kappa shape index (κ1) is 30.9. The topological polar surface area (TPSA) is 143 Å². The zero-order valence-electron chi connectivity index (χ0n) is 25.6. The fraction of sp³-hybridized carbons (Fsp3) is 0.303. The molecule has 12 nitrogen and oxygen atoms in total. The number of imidazole rings is 1. The van der Waals surface area contributed by atoms with E-state index in [0.29, 0.717) is 15.0 Å². The minimum absolute atomic E-state index is 0.0479. The summed E-state index contributed by atoms with van der Waals surface area (Å²) in [6.45, 7) is 0.368. The largest absolute Gasteiger partial charge is 0.497 e. The van der Waals surface area contributed by atoms with E-state index in [1.165, 1.54) is 69.3 Å². The highest BCUT2D eigenvalue weighted by molar-refractivity contribution is 8.10. The van der Waals surface area contributed by atoms with Crippen molar-refractivity contribution in [3.63, 3.8) is 0 Å². The van der Waals surface area contributed by atoms with E-state index in [4.69, 9.17) is 4.74 Å². The van der Waals surface area contributed by atoms with Gasteiger partial charge in [-0.1, -0.05) is 48.5 Å². The number of ether oxygens (including phenoxy) is 1. The summed E-state index contributed by atoms with van der Waals surface area (Å²) in [5, 5.41) is 0. The lowest BCUT2D eigenvalue weighted by molar-refractivity contribution is 0.414. The smallest absolute Gasteiger partial charge is 0.332 e. The summed E-state index contributed by atoms with van der Waals surface area (Å²) in [7, 11) is -8.18. The van der Waals surface area contributed by atoms with E-state index in [0.717, 1.165) is 25.7 Å². The second-order valence-electron chi connectivity index (χ2n) is 12.0. The van der Waals surface area contributed by atoms with E-state index < -0.39 is 37.2 Å². The summed E-state index contributed by atoms with van der Waals surface area (Å²) in [6.07, 6.45) is 3.57. The van der Waals surface area contributed by atoms with Gasteiger partial charge in [-0.05, 0) is 79.5 Å². The minimum Gasteiger partial charge on any atom is -0.497 e. The van der Waals surface area contributed by atoms with Crippen LogP contribution in [0.15, 0.2) is 104 Å². The van der Waals surface area contributed by atoms with Crippen molar-refractivity contribution >= 4 is 37.2 Å². The van der Waals surface area contributed by atoms with Crippen LogP contribution >= 0.6 is 0 Å². The molecule has 14 heteroatoms. The number of rotatable bonds is 12. The van der Waals surface area contributed by atoms with Gasteiger partial charge in [-0.15, -0.1) is 3.71 Å². The van der Waals surface area contributed by atoms with Crippen LogP contribution in [0.3, 0.4) is 0 Å². The van der Waals surface area contributed by atoms with Gasteiger partial charge in [0.1, 0.15) is 5.75 Å². The Morgan fingerprint density at radius 1 is 0.723 bits per heavy atom. The Morgan fingerprint density at radius 3 is 1.72 bits per heavy atom. The number of fused-ring (bicyclic) bond motifs is 1. The summed E-state index contributed by atoms with van der Waals surface area (Å²) in [5.74, 6) is 0.427. The van der Waals surface area contributed by atoms with Gasteiger partial charge in [0.2, 0.25) is 5.95 Å². The molecule has 0 N–H and O–H groups in total. The molecule has 0 aliphatic heterocycles. The summed E-state index contributed by atoms with van der Waals surface area (Å²) in [6, 6.07) is 21.3. The van der Waals surface area contributed by atoms with Crippen molar-refractivity contribution in [1.82, 2.24) is 18.7 Å². The zero-order chi connectivity index (χ0) is 32.9. The monoisotopic (exact) mass is 675 g/mol. The Morgan fingerprint density at radius 2 is 1.23 bits per heavy atom. The Kier molecular flexibility index (Phi) is 7.79. The Bertz CT molecular complexity index is 2220. The summed E-state index contributed by atoms with van der Waals surface area (Å²) >= 11 is 0. The minimum atomic E-state index is -4.85. The van der Waals surface area contributed by atoms with E-state index in [1.807, 2.05) is 0 Å². The van der Waals surface area contributed by atoms with Gasteiger partial charge < -0.3 is 4.74 Å². The fourth-order valence-electron chi connectivity index (χ4n) is 5.65. The highest BCUT2D eigenvalue weighted by Crippen LogP contribution is 2.35. The van der Waals surface area contributed by atoms with Crippen LogP contribution < -0.4 is 19.7 Å². The van der Waals surface area contributed by atoms with E-state index in [-0.39, 0.29) is 52.4 Å². The number of aromatic nitrogens is 4. The van der Waals surface area contributed by atoms with Crippen LogP contribution in [0.1, 0.15) is 31.2 Å². The van der Waals surface area contributed by atoms with Gasteiger partial charge in [0.05, 0.1) is 23.4 Å². The third kappa shape index (κ3) is 5.76. The van der Waals surface area contributed by atoms with Crippen molar-refractivity contribution < 1.29 is 21.6 Å². The average molecular weight is 676 g/mol. The van der Waals surface area contributed by atoms with Crippen molar-refractivity contribution in [3.05, 3.63) is 111 Å². The highest BCUT2D eigenvalue weighted by Gasteiger charge is 2.42. The van der Waals surface area contributed by atoms with Crippen LogP contribution in [0.25, 0.3) is 11.2 Å². The number of benzene rings is 3. The molecule has 0 bridgehead atoms. The molecule has 0 spiro atoms. The number of anilines is 1. The van der Waals surface area contributed by atoms with Gasteiger partial charge in [0.25, 0.3) is 25.6 Å². The number of sulfonamides is 2. The standard InChI is InChI=1S/C33H33N5O7S2/c1-45-26-18-16-25(17-19-26)20-35-29-30(36(21-23-12-13-23)33(40)37(31(29)39)22-24-14-15-24)34-32(35)38(46(41,42)27-8-4-2-5-9-27)47(43,44)28-10-6-3-7-11-28/h2-11,16-19,23-24H,12-15,20-22H2,1H3. The van der Waals surface area contributed by atoms with Crippen LogP contribution in [-0.2, 0) is 39.7 Å². The van der Waals surface area contributed by atoms with Gasteiger partial charge in [-0.2, -0.15) is 21.8 Å². The maximum absolute atomic E-state index is 14.5. The van der Waals surface area contributed by atoms with Crippen LogP contribution in [0.2, 0.25) is 0 Å². The molecule has 3 aromatic carbocycles. The SMILES string of the molecule is COc1ccc(Cn2c(N(S(=O)(=O)c3ccccc3)S(=O)(=O)c3ccccc3)nc3c2c(=O)n(CC2CC2)c(=O)n3CC2CC2)cc1. The molecule has 0 radical (unpaired) electrons. The molecule has 244 valence electrons. The number of methoxy groups -OCH3 is 1. The van der Waals surface area contributed by atoms with Crippen LogP contribution in [0.4, 0.5) is 5.95 Å². The molecule has 47 heavy (non-hydrogen) atoms. The lowest BCUT2D eigenvalue weighted by Crippen LogP contribution is -2.41. The normalized spacial score (nSPS) is 15.2. The van der Waals surface area contributed by atoms with E-state index in [2.05, 4.69) is 4.98 Å². The molecule has 2 heterocycles. The van der Waals surface area contributed by atoms with Crippen LogP contribution in [0.5, 0.6) is 5.75 Å². The quantitative estimate of drug-likeness (QED) is 0.194. The van der Waals surface area contributed by atoms with Gasteiger partial charge in [-0.25, -0.2) is 4.79 Å². The molecule has 0 atom stereocenters. The fourth-order valence-corrected chi connectivity index (χ4v) is 9.29. The first-order valence-electron chi connectivity index (χ1n) is 15.4. The Balaban J connectivity index is 1.57. The maximum Gasteiger partial charge on any atom is 0.332 e. The molecule has 0 saturated heterocycles. The van der Waals surface area contributed by atoms with E-state index in [1.54, 1.807) is 36.4 Å². The van der Waals surface area contributed by atoms with Crippen LogP contribution in [-0.4, -0.2) is 42.6 Å². The molecule has 2 aliphatic rings. The van der Waals surface area contributed by atoms with E-state index >= 15 is 0 Å². The number of hydrogen-bond acceptors (Lipinski definition) is 8. The molecule has 0 unspecified atom stereocenters. The van der Waals surface area contributed by atoms with Crippen molar-refractivity contribution in [2.45, 2.75) is 55.1 Å². The molecular weight excluding hydrogens is 643 g/mol. The average Bonchev–Trinajstić information content (AvgIpc) is 4.02. The summed E-state index contributed by atoms with van der Waals surface area (Å²) < 4.78 is 67.5. The second kappa shape index (κ2) is 11.8. The maximum atomic E-state index is 14.5. The molecule has 7 rings (SSSR count). The first-order chi connectivity index (χ1) is 22.6. The molecule has 2 fully saturated rings. The van der Waals surface area contributed by atoms with Gasteiger partial charge in [-0.3, -0.25) is 18.5 Å². The van der Waals surface area contributed by atoms with Crippen molar-refractivity contribution in [1.29, 1.82) is 0 Å². The molecule has 2 aliphatic carbocycles.